The van der Waals surface area contributed by atoms with Crippen LogP contribution in [0.2, 0.25) is 0 Å². The summed E-state index contributed by atoms with van der Waals surface area (Å²) in [5, 5.41) is 18.3. The fourth-order valence-electron chi connectivity index (χ4n) is 1.28. The Morgan fingerprint density at radius 3 is 2.33 bits per heavy atom. The molecule has 66 valence electrons. The second kappa shape index (κ2) is 3.59. The molecule has 0 saturated heterocycles. The van der Waals surface area contributed by atoms with Crippen molar-refractivity contribution in [2.24, 2.45) is 0 Å². The molecule has 2 N–H and O–H groups in total. The van der Waals surface area contributed by atoms with E-state index in [2.05, 4.69) is 0 Å². The Hall–Kier alpha value is -1.02. The van der Waals surface area contributed by atoms with Gasteiger partial charge in [-0.15, -0.1) is 0 Å². The maximum Gasteiger partial charge on any atom is 0.122 e. The fraction of sp³-hybridized carbons (Fsp3) is 0.400. The molecule has 1 aromatic carbocycles. The van der Waals surface area contributed by atoms with Crippen molar-refractivity contribution >= 4 is 0 Å². The molecule has 0 unspecified atom stereocenters. The summed E-state index contributed by atoms with van der Waals surface area (Å²) >= 11 is 0. The summed E-state index contributed by atoms with van der Waals surface area (Å²) in [6.45, 7) is 3.87. The fourth-order valence-corrected chi connectivity index (χ4v) is 1.28. The first-order chi connectivity index (χ1) is 5.66. The number of benzene rings is 1. The van der Waals surface area contributed by atoms with Gasteiger partial charge in [0.25, 0.3) is 0 Å². The third kappa shape index (κ3) is 1.59. The van der Waals surface area contributed by atoms with Crippen LogP contribution in [0.4, 0.5) is 0 Å². The van der Waals surface area contributed by atoms with E-state index in [1.54, 1.807) is 0 Å². The third-order valence-electron chi connectivity index (χ3n) is 2.08. The minimum Gasteiger partial charge on any atom is -0.507 e. The maximum absolute atomic E-state index is 9.60. The van der Waals surface area contributed by atoms with Gasteiger partial charge in [-0.2, -0.15) is 0 Å². The van der Waals surface area contributed by atoms with Gasteiger partial charge >= 0.3 is 0 Å². The molecule has 0 aliphatic rings. The second-order valence-corrected chi connectivity index (χ2v) is 3.00. The molecule has 0 aliphatic carbocycles. The van der Waals surface area contributed by atoms with Gasteiger partial charge in [0, 0.05) is 6.61 Å². The zero-order valence-electron chi connectivity index (χ0n) is 7.46. The largest absolute Gasteiger partial charge is 0.507 e. The van der Waals surface area contributed by atoms with E-state index in [9.17, 15) is 5.11 Å². The molecule has 0 aliphatic heterocycles. The van der Waals surface area contributed by atoms with E-state index >= 15 is 0 Å². The van der Waals surface area contributed by atoms with E-state index in [0.717, 1.165) is 16.7 Å². The lowest BCUT2D eigenvalue weighted by molar-refractivity contribution is 0.297. The van der Waals surface area contributed by atoms with Crippen LogP contribution in [0.5, 0.6) is 5.75 Å². The highest BCUT2D eigenvalue weighted by atomic mass is 16.3. The minimum atomic E-state index is 0.0812. The molecule has 0 aromatic heterocycles. The number of rotatable bonds is 2. The maximum atomic E-state index is 9.60. The van der Waals surface area contributed by atoms with Gasteiger partial charge in [-0.1, -0.05) is 12.1 Å². The monoisotopic (exact) mass is 166 g/mol. The summed E-state index contributed by atoms with van der Waals surface area (Å²) in [5.41, 5.74) is 2.76. The van der Waals surface area contributed by atoms with Crippen LogP contribution in [0.3, 0.4) is 0 Å². The molecule has 0 fully saturated rings. The van der Waals surface area contributed by atoms with Gasteiger partial charge in [0.1, 0.15) is 5.75 Å². The van der Waals surface area contributed by atoms with Crippen molar-refractivity contribution in [1.82, 2.24) is 0 Å². The zero-order chi connectivity index (χ0) is 9.14. The first-order valence-corrected chi connectivity index (χ1v) is 4.05. The SMILES string of the molecule is Cc1ccc(C)c(CCO)c1O. The number of aromatic hydroxyl groups is 1. The number of hydrogen-bond donors (Lipinski definition) is 2. The number of hydrogen-bond acceptors (Lipinski definition) is 2. The Balaban J connectivity index is 3.14. The normalized spacial score (nSPS) is 10.2. The average Bonchev–Trinajstić information content (AvgIpc) is 2.06. The first kappa shape index (κ1) is 9.07. The molecule has 2 heteroatoms. The molecule has 1 rings (SSSR count). The number of phenols is 1. The first-order valence-electron chi connectivity index (χ1n) is 4.05. The van der Waals surface area contributed by atoms with Crippen molar-refractivity contribution in [3.05, 3.63) is 28.8 Å². The van der Waals surface area contributed by atoms with Crippen molar-refractivity contribution in [2.75, 3.05) is 6.61 Å². The third-order valence-corrected chi connectivity index (χ3v) is 2.08. The predicted octanol–water partition coefficient (Wildman–Crippen LogP) is 1.54. The molecular formula is C10H14O2. The van der Waals surface area contributed by atoms with Crippen LogP contribution in [-0.2, 0) is 6.42 Å². The van der Waals surface area contributed by atoms with Crippen LogP contribution in [-0.4, -0.2) is 16.8 Å². The van der Waals surface area contributed by atoms with E-state index in [1.165, 1.54) is 0 Å². The van der Waals surface area contributed by atoms with Crippen LogP contribution in [0.25, 0.3) is 0 Å². The molecule has 0 radical (unpaired) electrons. The van der Waals surface area contributed by atoms with Crippen LogP contribution >= 0.6 is 0 Å². The van der Waals surface area contributed by atoms with Crippen molar-refractivity contribution < 1.29 is 10.2 Å². The van der Waals surface area contributed by atoms with Crippen molar-refractivity contribution in [1.29, 1.82) is 0 Å². The van der Waals surface area contributed by atoms with E-state index in [-0.39, 0.29) is 6.61 Å². The highest BCUT2D eigenvalue weighted by Gasteiger charge is 2.05. The predicted molar refractivity (Wildman–Crippen MR) is 48.4 cm³/mol. The number of aryl methyl sites for hydroxylation is 2. The second-order valence-electron chi connectivity index (χ2n) is 3.00. The quantitative estimate of drug-likeness (QED) is 0.699. The lowest BCUT2D eigenvalue weighted by Crippen LogP contribution is -1.95. The Kier molecular flexibility index (Phi) is 2.71. The number of aliphatic hydroxyl groups excluding tert-OH is 1. The summed E-state index contributed by atoms with van der Waals surface area (Å²) < 4.78 is 0. The smallest absolute Gasteiger partial charge is 0.122 e. The van der Waals surface area contributed by atoms with Crippen molar-refractivity contribution in [3.8, 4) is 5.75 Å². The summed E-state index contributed by atoms with van der Waals surface area (Å²) in [4.78, 5) is 0. The highest BCUT2D eigenvalue weighted by Crippen LogP contribution is 2.25. The van der Waals surface area contributed by atoms with E-state index < -0.39 is 0 Å². The molecule has 0 heterocycles. The van der Waals surface area contributed by atoms with Crippen LogP contribution in [0.1, 0.15) is 16.7 Å². The van der Waals surface area contributed by atoms with Crippen LogP contribution in [0, 0.1) is 13.8 Å². The molecule has 0 amide bonds. The Morgan fingerprint density at radius 1 is 1.17 bits per heavy atom. The van der Waals surface area contributed by atoms with Crippen LogP contribution in [0.15, 0.2) is 12.1 Å². The van der Waals surface area contributed by atoms with E-state index in [1.807, 2.05) is 26.0 Å². The summed E-state index contributed by atoms with van der Waals surface area (Å²) in [7, 11) is 0. The lowest BCUT2D eigenvalue weighted by Gasteiger charge is -2.08. The summed E-state index contributed by atoms with van der Waals surface area (Å²) in [6, 6.07) is 3.84. The standard InChI is InChI=1S/C10H14O2/c1-7-3-4-8(2)10(12)9(7)5-6-11/h3-4,11-12H,5-6H2,1-2H3. The molecular weight excluding hydrogens is 152 g/mol. The number of aliphatic hydroxyl groups is 1. The van der Waals surface area contributed by atoms with Gasteiger partial charge in [-0.3, -0.25) is 0 Å². The highest BCUT2D eigenvalue weighted by molar-refractivity contribution is 5.44. The van der Waals surface area contributed by atoms with Gasteiger partial charge < -0.3 is 10.2 Å². The molecule has 0 spiro atoms. The van der Waals surface area contributed by atoms with Gasteiger partial charge in [-0.05, 0) is 37.0 Å². The Bertz CT molecular complexity index is 279. The van der Waals surface area contributed by atoms with Gasteiger partial charge in [0.05, 0.1) is 0 Å². The molecule has 2 nitrogen and oxygen atoms in total. The van der Waals surface area contributed by atoms with Crippen molar-refractivity contribution in [3.63, 3.8) is 0 Å². The van der Waals surface area contributed by atoms with Gasteiger partial charge in [0.2, 0.25) is 0 Å². The van der Waals surface area contributed by atoms with Gasteiger partial charge in [0.15, 0.2) is 0 Å². The summed E-state index contributed by atoms with van der Waals surface area (Å²) in [5.74, 6) is 0.323. The Labute approximate surface area is 72.5 Å². The summed E-state index contributed by atoms with van der Waals surface area (Å²) in [6.07, 6.45) is 0.527. The van der Waals surface area contributed by atoms with Crippen molar-refractivity contribution in [2.45, 2.75) is 20.3 Å². The molecule has 0 saturated carbocycles. The topological polar surface area (TPSA) is 40.5 Å². The van der Waals surface area contributed by atoms with Gasteiger partial charge in [-0.25, -0.2) is 0 Å². The molecule has 1 aromatic rings. The molecule has 12 heavy (non-hydrogen) atoms. The number of phenolic OH excluding ortho intramolecular Hbond substituents is 1. The molecule has 0 atom stereocenters. The lowest BCUT2D eigenvalue weighted by atomic mass is 10.0. The Morgan fingerprint density at radius 2 is 1.75 bits per heavy atom. The van der Waals surface area contributed by atoms with Crippen LogP contribution < -0.4 is 0 Å². The van der Waals surface area contributed by atoms with E-state index in [0.29, 0.717) is 12.2 Å². The average molecular weight is 166 g/mol. The minimum absolute atomic E-state index is 0.0812. The van der Waals surface area contributed by atoms with E-state index in [4.69, 9.17) is 5.11 Å². The zero-order valence-corrected chi connectivity index (χ0v) is 7.46. The molecule has 0 bridgehead atoms.